The molecule has 0 saturated heterocycles. The Morgan fingerprint density at radius 2 is 1.90 bits per heavy atom. The molecule has 5 rings (SSSR count). The van der Waals surface area contributed by atoms with Gasteiger partial charge in [-0.2, -0.15) is 0 Å². The maximum absolute atomic E-state index is 2.59. The van der Waals surface area contributed by atoms with Crippen LogP contribution in [0.3, 0.4) is 0 Å². The second-order valence-corrected chi connectivity index (χ2v) is 8.00. The lowest BCUT2D eigenvalue weighted by molar-refractivity contribution is -0.0667. The third kappa shape index (κ3) is 1.33. The molecule has 21 heavy (non-hydrogen) atoms. The second-order valence-electron chi connectivity index (χ2n) is 8.00. The molecular formula is C21H24. The summed E-state index contributed by atoms with van der Waals surface area (Å²) in [7, 11) is 0. The minimum Gasteiger partial charge on any atom is -0.0619 e. The molecule has 2 aromatic carbocycles. The van der Waals surface area contributed by atoms with E-state index >= 15 is 0 Å². The highest BCUT2D eigenvalue weighted by Gasteiger charge is 2.64. The third-order valence-electron chi connectivity index (χ3n) is 7.25. The largest absolute Gasteiger partial charge is 0.0619 e. The molecule has 5 unspecified atom stereocenters. The van der Waals surface area contributed by atoms with Gasteiger partial charge in [0.25, 0.3) is 0 Å². The van der Waals surface area contributed by atoms with Crippen molar-refractivity contribution >= 4 is 10.8 Å². The maximum atomic E-state index is 2.59. The van der Waals surface area contributed by atoms with E-state index in [1.165, 1.54) is 36.5 Å². The fourth-order valence-electron chi connectivity index (χ4n) is 6.64. The first-order chi connectivity index (χ1) is 10.2. The molecule has 0 bridgehead atoms. The molecule has 0 radical (unpaired) electrons. The van der Waals surface area contributed by atoms with Gasteiger partial charge in [-0.15, -0.1) is 0 Å². The van der Waals surface area contributed by atoms with E-state index in [1.807, 2.05) is 0 Å². The molecular weight excluding hydrogens is 252 g/mol. The number of hydrogen-bond donors (Lipinski definition) is 0. The minimum absolute atomic E-state index is 0.470. The average molecular weight is 276 g/mol. The highest BCUT2D eigenvalue weighted by molar-refractivity contribution is 5.87. The summed E-state index contributed by atoms with van der Waals surface area (Å²) in [4.78, 5) is 0. The van der Waals surface area contributed by atoms with Crippen molar-refractivity contribution in [2.75, 3.05) is 0 Å². The molecule has 0 heteroatoms. The van der Waals surface area contributed by atoms with Gasteiger partial charge in [0.15, 0.2) is 0 Å². The SMILES string of the molecule is CC1Cc2c(ccc3ccccc23)C2(C)C3CCCC3C12. The number of rotatable bonds is 0. The summed E-state index contributed by atoms with van der Waals surface area (Å²) in [6.07, 6.45) is 5.73. The number of benzene rings is 2. The van der Waals surface area contributed by atoms with Crippen LogP contribution in [0.5, 0.6) is 0 Å². The molecule has 5 atom stereocenters. The summed E-state index contributed by atoms with van der Waals surface area (Å²) >= 11 is 0. The van der Waals surface area contributed by atoms with Crippen LogP contribution in [0.1, 0.15) is 44.2 Å². The second kappa shape index (κ2) is 3.91. The molecule has 0 aromatic heterocycles. The van der Waals surface area contributed by atoms with Gasteiger partial charge >= 0.3 is 0 Å². The highest BCUT2D eigenvalue weighted by atomic mass is 14.7. The molecule has 0 aliphatic heterocycles. The fraction of sp³-hybridized carbons (Fsp3) is 0.524. The predicted octanol–water partition coefficient (Wildman–Crippen LogP) is 5.34. The van der Waals surface area contributed by atoms with E-state index < -0.39 is 0 Å². The summed E-state index contributed by atoms with van der Waals surface area (Å²) in [6.45, 7) is 5.11. The van der Waals surface area contributed by atoms with Gasteiger partial charge < -0.3 is 0 Å². The summed E-state index contributed by atoms with van der Waals surface area (Å²) in [5.41, 5.74) is 3.84. The van der Waals surface area contributed by atoms with E-state index in [-0.39, 0.29) is 0 Å². The zero-order chi connectivity index (χ0) is 14.2. The predicted molar refractivity (Wildman–Crippen MR) is 88.5 cm³/mol. The van der Waals surface area contributed by atoms with Gasteiger partial charge in [-0.25, -0.2) is 0 Å². The van der Waals surface area contributed by atoms with Crippen LogP contribution < -0.4 is 0 Å². The van der Waals surface area contributed by atoms with Crippen molar-refractivity contribution in [3.8, 4) is 0 Å². The summed E-state index contributed by atoms with van der Waals surface area (Å²) in [5.74, 6) is 3.79. The molecule has 2 aromatic rings. The maximum Gasteiger partial charge on any atom is -0.000772 e. The fourth-order valence-corrected chi connectivity index (χ4v) is 6.64. The monoisotopic (exact) mass is 276 g/mol. The molecule has 3 aliphatic carbocycles. The van der Waals surface area contributed by atoms with E-state index in [2.05, 4.69) is 50.2 Å². The molecule has 0 N–H and O–H groups in total. The first kappa shape index (κ1) is 12.3. The van der Waals surface area contributed by atoms with E-state index in [0.717, 1.165) is 23.7 Å². The lowest BCUT2D eigenvalue weighted by Crippen LogP contribution is -2.60. The van der Waals surface area contributed by atoms with E-state index in [0.29, 0.717) is 5.41 Å². The van der Waals surface area contributed by atoms with Crippen LogP contribution >= 0.6 is 0 Å². The van der Waals surface area contributed by atoms with Crippen LogP contribution in [-0.2, 0) is 11.8 Å². The van der Waals surface area contributed by atoms with Crippen LogP contribution in [0, 0.1) is 23.7 Å². The molecule has 2 saturated carbocycles. The zero-order valence-corrected chi connectivity index (χ0v) is 13.1. The molecule has 0 spiro atoms. The Labute approximate surface area is 127 Å². The van der Waals surface area contributed by atoms with Crippen LogP contribution in [0.15, 0.2) is 36.4 Å². The summed E-state index contributed by atoms with van der Waals surface area (Å²) < 4.78 is 0. The average Bonchev–Trinajstić information content (AvgIpc) is 2.91. The standard InChI is InChI=1S/C21H24/c1-13-12-17-15-7-4-3-6-14(15)10-11-19(17)21(2)18-9-5-8-16(18)20(13)21/h3-4,6-7,10-11,13,16,18,20H,5,8-9,12H2,1-2H3. The summed E-state index contributed by atoms with van der Waals surface area (Å²) in [6, 6.07) is 13.8. The van der Waals surface area contributed by atoms with Crippen LogP contribution in [0.4, 0.5) is 0 Å². The Bertz CT molecular complexity index is 728. The van der Waals surface area contributed by atoms with Crippen molar-refractivity contribution in [1.82, 2.24) is 0 Å². The van der Waals surface area contributed by atoms with Gasteiger partial charge in [-0.1, -0.05) is 56.7 Å². The van der Waals surface area contributed by atoms with Crippen LogP contribution in [-0.4, -0.2) is 0 Å². The minimum atomic E-state index is 0.470. The van der Waals surface area contributed by atoms with Gasteiger partial charge in [0, 0.05) is 0 Å². The van der Waals surface area contributed by atoms with Crippen molar-refractivity contribution in [2.24, 2.45) is 23.7 Å². The molecule has 3 aliphatic rings. The smallest absolute Gasteiger partial charge is 0.000772 e. The van der Waals surface area contributed by atoms with Crippen LogP contribution in [0.25, 0.3) is 10.8 Å². The molecule has 0 heterocycles. The summed E-state index contributed by atoms with van der Waals surface area (Å²) in [5, 5.41) is 2.94. The topological polar surface area (TPSA) is 0 Å². The van der Waals surface area contributed by atoms with Crippen molar-refractivity contribution < 1.29 is 0 Å². The van der Waals surface area contributed by atoms with Gasteiger partial charge in [0.2, 0.25) is 0 Å². The van der Waals surface area contributed by atoms with Gasteiger partial charge in [0.05, 0.1) is 0 Å². The van der Waals surface area contributed by atoms with Crippen molar-refractivity contribution in [3.05, 3.63) is 47.5 Å². The van der Waals surface area contributed by atoms with E-state index in [9.17, 15) is 0 Å². The first-order valence-corrected chi connectivity index (χ1v) is 8.72. The van der Waals surface area contributed by atoms with Crippen molar-refractivity contribution in [3.63, 3.8) is 0 Å². The van der Waals surface area contributed by atoms with Gasteiger partial charge in [-0.3, -0.25) is 0 Å². The Morgan fingerprint density at radius 1 is 1.05 bits per heavy atom. The molecule has 0 nitrogen and oxygen atoms in total. The lowest BCUT2D eigenvalue weighted by atomic mass is 9.40. The first-order valence-electron chi connectivity index (χ1n) is 8.72. The Hall–Kier alpha value is -1.30. The van der Waals surface area contributed by atoms with Crippen molar-refractivity contribution in [2.45, 2.75) is 44.9 Å². The third-order valence-corrected chi connectivity index (χ3v) is 7.25. The molecule has 108 valence electrons. The van der Waals surface area contributed by atoms with Gasteiger partial charge in [0.1, 0.15) is 0 Å². The number of hydrogen-bond acceptors (Lipinski definition) is 0. The molecule has 0 amide bonds. The zero-order valence-electron chi connectivity index (χ0n) is 13.1. The Balaban J connectivity index is 1.77. The quantitative estimate of drug-likeness (QED) is 0.609. The van der Waals surface area contributed by atoms with E-state index in [1.54, 1.807) is 11.1 Å². The number of fused-ring (bicyclic) bond motifs is 8. The van der Waals surface area contributed by atoms with Crippen LogP contribution in [0.2, 0.25) is 0 Å². The van der Waals surface area contributed by atoms with E-state index in [4.69, 9.17) is 0 Å². The Morgan fingerprint density at radius 3 is 2.81 bits per heavy atom. The Kier molecular flexibility index (Phi) is 2.28. The van der Waals surface area contributed by atoms with Crippen molar-refractivity contribution in [1.29, 1.82) is 0 Å². The highest BCUT2D eigenvalue weighted by Crippen LogP contribution is 2.68. The molecule has 2 fully saturated rings. The normalized spacial score (nSPS) is 40.3. The van der Waals surface area contributed by atoms with Gasteiger partial charge in [-0.05, 0) is 70.2 Å². The lowest BCUT2D eigenvalue weighted by Gasteiger charge is -2.63.